The van der Waals surface area contributed by atoms with Crippen LogP contribution in [0.25, 0.3) is 0 Å². The second-order valence-electron chi connectivity index (χ2n) is 14.5. The molecule has 0 fully saturated rings. The Hall–Kier alpha value is -1.93. The molecule has 0 amide bonds. The molecule has 0 N–H and O–H groups in total. The van der Waals surface area contributed by atoms with Crippen molar-refractivity contribution in [3.8, 4) is 0 Å². The van der Waals surface area contributed by atoms with E-state index in [0.717, 1.165) is 51.4 Å². The zero-order valence-electron chi connectivity index (χ0n) is 31.9. The summed E-state index contributed by atoms with van der Waals surface area (Å²) in [6.45, 7) is 4.61. The maximum absolute atomic E-state index is 12.6. The van der Waals surface area contributed by atoms with Crippen LogP contribution in [0.1, 0.15) is 174 Å². The van der Waals surface area contributed by atoms with E-state index in [4.69, 9.17) is 14.2 Å². The summed E-state index contributed by atoms with van der Waals surface area (Å²) in [4.78, 5) is 36.6. The molecule has 0 saturated carbocycles. The molecule has 0 aromatic carbocycles. The van der Waals surface area contributed by atoms with Crippen LogP contribution in [0.4, 0.5) is 0 Å². The molecule has 0 aliphatic carbocycles. The Labute approximate surface area is 295 Å². The van der Waals surface area contributed by atoms with Crippen molar-refractivity contribution in [3.63, 3.8) is 0 Å². The van der Waals surface area contributed by atoms with Crippen LogP contribution in [-0.2, 0) is 28.6 Å². The molecule has 2 unspecified atom stereocenters. The summed E-state index contributed by atoms with van der Waals surface area (Å²) in [5.41, 5.74) is 0. The van der Waals surface area contributed by atoms with Crippen molar-refractivity contribution in [2.24, 2.45) is 0 Å². The van der Waals surface area contributed by atoms with Gasteiger partial charge < -0.3 is 28.6 Å². The average Bonchev–Trinajstić information content (AvgIpc) is 3.03. The minimum atomic E-state index is -1.12. The van der Waals surface area contributed by atoms with Crippen LogP contribution in [0.2, 0.25) is 0 Å². The fourth-order valence-corrected chi connectivity index (χ4v) is 5.76. The molecule has 0 saturated heterocycles. The monoisotopic (exact) mass is 682 g/mol. The molecule has 0 aliphatic rings. The second kappa shape index (κ2) is 32.3. The normalized spacial score (nSPS) is 13.1. The Morgan fingerprint density at radius 3 is 1.56 bits per heavy atom. The summed E-state index contributed by atoms with van der Waals surface area (Å²) >= 11 is 0. The highest BCUT2D eigenvalue weighted by Crippen LogP contribution is 2.14. The first-order valence-corrected chi connectivity index (χ1v) is 19.7. The lowest BCUT2D eigenvalue weighted by molar-refractivity contribution is -0.889. The lowest BCUT2D eigenvalue weighted by Gasteiger charge is -2.34. The SMILES string of the molecule is CCCC/C=C/CCCCCCCC(=O)OCC(COCCC(C(=O)[O-])[N+](C)(C)C)OC(=O)CCCCCCCCCCCCCCC. The van der Waals surface area contributed by atoms with Crippen LogP contribution in [0.15, 0.2) is 12.2 Å². The van der Waals surface area contributed by atoms with Crippen LogP contribution in [0.3, 0.4) is 0 Å². The van der Waals surface area contributed by atoms with Crippen LogP contribution in [-0.4, -0.2) is 75.5 Å². The molecule has 8 nitrogen and oxygen atoms in total. The lowest BCUT2D eigenvalue weighted by Crippen LogP contribution is -2.55. The largest absolute Gasteiger partial charge is 0.544 e. The topological polar surface area (TPSA) is 102 Å². The zero-order chi connectivity index (χ0) is 35.7. The number of rotatable bonds is 35. The van der Waals surface area contributed by atoms with E-state index >= 15 is 0 Å². The minimum Gasteiger partial charge on any atom is -0.544 e. The van der Waals surface area contributed by atoms with E-state index in [-0.39, 0.29) is 42.7 Å². The summed E-state index contributed by atoms with van der Waals surface area (Å²) in [6, 6.07) is -0.721. The number of carbonyl (C=O) groups excluding carboxylic acids is 3. The molecule has 282 valence electrons. The summed E-state index contributed by atoms with van der Waals surface area (Å²) in [6.07, 6.45) is 30.8. The number of hydrogen-bond donors (Lipinski definition) is 0. The molecule has 0 rings (SSSR count). The lowest BCUT2D eigenvalue weighted by atomic mass is 10.0. The van der Waals surface area contributed by atoms with Gasteiger partial charge in [-0.1, -0.05) is 135 Å². The smallest absolute Gasteiger partial charge is 0.306 e. The van der Waals surface area contributed by atoms with E-state index in [1.807, 2.05) is 0 Å². The summed E-state index contributed by atoms with van der Waals surface area (Å²) in [7, 11) is 5.40. The third kappa shape index (κ3) is 30.2. The number of carbonyl (C=O) groups is 3. The molecule has 0 aromatic heterocycles. The number of unbranched alkanes of at least 4 members (excludes halogenated alkanes) is 19. The van der Waals surface area contributed by atoms with E-state index in [0.29, 0.717) is 12.8 Å². The Morgan fingerprint density at radius 2 is 1.06 bits per heavy atom. The number of allylic oxidation sites excluding steroid dienone is 2. The van der Waals surface area contributed by atoms with Gasteiger partial charge in [-0.3, -0.25) is 9.59 Å². The standard InChI is InChI=1S/C40H75NO7/c1-6-8-10-12-14-16-18-19-21-23-25-27-29-31-39(43)48-36(34-46-33-32-37(40(44)45)41(3,4)5)35-47-38(42)30-28-26-24-22-20-17-15-13-11-9-7-2/h13,15,36-37H,6-12,14,16-35H2,1-5H3/b15-13+. The average molecular weight is 682 g/mol. The van der Waals surface area contributed by atoms with Crippen molar-refractivity contribution in [1.29, 1.82) is 0 Å². The fourth-order valence-electron chi connectivity index (χ4n) is 5.76. The van der Waals surface area contributed by atoms with Gasteiger partial charge in [0.2, 0.25) is 0 Å². The molecule has 2 atom stereocenters. The number of likely N-dealkylation sites (N-methyl/N-ethyl adjacent to an activating group) is 1. The van der Waals surface area contributed by atoms with Gasteiger partial charge in [0.25, 0.3) is 0 Å². The molecule has 0 radical (unpaired) electrons. The first-order chi connectivity index (χ1) is 23.1. The fraction of sp³-hybridized carbons (Fsp3) is 0.875. The van der Waals surface area contributed by atoms with Gasteiger partial charge in [0.05, 0.1) is 40.3 Å². The Kier molecular flexibility index (Phi) is 31.0. The number of esters is 2. The maximum Gasteiger partial charge on any atom is 0.306 e. The third-order valence-corrected chi connectivity index (χ3v) is 8.90. The van der Waals surface area contributed by atoms with Gasteiger partial charge in [-0.15, -0.1) is 0 Å². The van der Waals surface area contributed by atoms with Gasteiger partial charge in [-0.05, 0) is 32.1 Å². The van der Waals surface area contributed by atoms with Gasteiger partial charge in [-0.2, -0.15) is 0 Å². The zero-order valence-corrected chi connectivity index (χ0v) is 31.9. The Balaban J connectivity index is 4.40. The molecular formula is C40H75NO7. The molecule has 48 heavy (non-hydrogen) atoms. The number of hydrogen-bond acceptors (Lipinski definition) is 7. The predicted octanol–water partition coefficient (Wildman–Crippen LogP) is 8.63. The number of ether oxygens (including phenoxy) is 3. The van der Waals surface area contributed by atoms with E-state index in [1.165, 1.54) is 89.9 Å². The number of carboxylic acids is 1. The Morgan fingerprint density at radius 1 is 0.604 bits per heavy atom. The highest BCUT2D eigenvalue weighted by molar-refractivity contribution is 5.70. The summed E-state index contributed by atoms with van der Waals surface area (Å²) < 4.78 is 17.1. The van der Waals surface area contributed by atoms with E-state index in [2.05, 4.69) is 26.0 Å². The highest BCUT2D eigenvalue weighted by Gasteiger charge is 2.25. The molecule has 0 bridgehead atoms. The third-order valence-electron chi connectivity index (χ3n) is 8.90. The van der Waals surface area contributed by atoms with Crippen molar-refractivity contribution in [2.45, 2.75) is 187 Å². The first-order valence-electron chi connectivity index (χ1n) is 19.7. The van der Waals surface area contributed by atoms with Crippen LogP contribution < -0.4 is 5.11 Å². The van der Waals surface area contributed by atoms with Gasteiger partial charge in [0, 0.05) is 19.3 Å². The first kappa shape index (κ1) is 46.1. The van der Waals surface area contributed by atoms with Gasteiger partial charge in [-0.25, -0.2) is 0 Å². The summed E-state index contributed by atoms with van der Waals surface area (Å²) in [5, 5.41) is 11.6. The highest BCUT2D eigenvalue weighted by atomic mass is 16.6. The Bertz CT molecular complexity index is 808. The van der Waals surface area contributed by atoms with Crippen molar-refractivity contribution in [2.75, 3.05) is 41.0 Å². The van der Waals surface area contributed by atoms with Gasteiger partial charge >= 0.3 is 11.9 Å². The van der Waals surface area contributed by atoms with Crippen LogP contribution in [0, 0.1) is 0 Å². The number of nitrogens with zero attached hydrogens (tertiary/aromatic N) is 1. The van der Waals surface area contributed by atoms with Gasteiger partial charge in [0.15, 0.2) is 6.10 Å². The van der Waals surface area contributed by atoms with Crippen molar-refractivity contribution in [1.82, 2.24) is 0 Å². The number of quaternary nitrogens is 1. The van der Waals surface area contributed by atoms with E-state index in [1.54, 1.807) is 21.1 Å². The molecule has 0 aliphatic heterocycles. The minimum absolute atomic E-state index is 0.0431. The number of carboxylic acid groups (broad SMARTS) is 1. The number of aliphatic carboxylic acids is 1. The molecule has 0 heterocycles. The maximum atomic E-state index is 12.6. The van der Waals surface area contributed by atoms with E-state index in [9.17, 15) is 19.5 Å². The quantitative estimate of drug-likeness (QED) is 0.0286. The summed E-state index contributed by atoms with van der Waals surface area (Å²) in [5.74, 6) is -1.74. The van der Waals surface area contributed by atoms with E-state index < -0.39 is 18.1 Å². The van der Waals surface area contributed by atoms with Crippen molar-refractivity contribution < 1.29 is 38.2 Å². The van der Waals surface area contributed by atoms with Crippen LogP contribution >= 0.6 is 0 Å². The van der Waals surface area contributed by atoms with Crippen molar-refractivity contribution in [3.05, 3.63) is 12.2 Å². The molecule has 0 spiro atoms. The van der Waals surface area contributed by atoms with Crippen molar-refractivity contribution >= 4 is 17.9 Å². The predicted molar refractivity (Wildman–Crippen MR) is 194 cm³/mol. The second-order valence-corrected chi connectivity index (χ2v) is 14.5. The van der Waals surface area contributed by atoms with Crippen LogP contribution in [0.5, 0.6) is 0 Å². The molecular weight excluding hydrogens is 606 g/mol. The molecule has 0 aromatic rings. The molecule has 8 heteroatoms. The van der Waals surface area contributed by atoms with Gasteiger partial charge in [0.1, 0.15) is 12.6 Å².